The molecular formula is C17H21F3N4O2. The van der Waals surface area contributed by atoms with Crippen molar-refractivity contribution in [2.75, 3.05) is 0 Å². The average Bonchev–Trinajstić information content (AvgIpc) is 2.94. The lowest BCUT2D eigenvalue weighted by Crippen LogP contribution is -2.47. The number of benzene rings is 1. The minimum absolute atomic E-state index is 0.0611. The Labute approximate surface area is 149 Å². The van der Waals surface area contributed by atoms with Crippen molar-refractivity contribution in [2.24, 2.45) is 7.05 Å². The van der Waals surface area contributed by atoms with Crippen LogP contribution in [0.25, 0.3) is 0 Å². The van der Waals surface area contributed by atoms with Gasteiger partial charge in [0.2, 0.25) is 0 Å². The molecule has 2 aromatic rings. The number of nitrogens with zero attached hydrogens (tertiary/aromatic N) is 3. The van der Waals surface area contributed by atoms with Crippen LogP contribution in [0.1, 0.15) is 42.6 Å². The summed E-state index contributed by atoms with van der Waals surface area (Å²) in [5.41, 5.74) is 0.118. The smallest absolute Gasteiger partial charge is 0.406 e. The molecule has 2 heterocycles. The van der Waals surface area contributed by atoms with E-state index in [2.05, 4.69) is 20.4 Å². The third-order valence-electron chi connectivity index (χ3n) is 4.60. The Kier molecular flexibility index (Phi) is 4.70. The van der Waals surface area contributed by atoms with Crippen LogP contribution in [0, 0.1) is 6.92 Å². The highest BCUT2D eigenvalue weighted by Gasteiger charge is 2.41. The first-order valence-electron chi connectivity index (χ1n) is 8.27. The fraction of sp³-hybridized carbons (Fsp3) is 0.529. The van der Waals surface area contributed by atoms with E-state index in [0.717, 1.165) is 0 Å². The molecule has 3 rings (SSSR count). The van der Waals surface area contributed by atoms with Crippen molar-refractivity contribution in [3.63, 3.8) is 0 Å². The SMILES string of the molecule is Cc1ccc([C@@]2(O)C[C@@H](c3cn(C)nn3)N[C@@H](C)C2)cc1OC(F)(F)F. The predicted molar refractivity (Wildman–Crippen MR) is 87.3 cm³/mol. The molecule has 9 heteroatoms. The maximum absolute atomic E-state index is 12.6. The summed E-state index contributed by atoms with van der Waals surface area (Å²) in [5.74, 6) is -0.300. The van der Waals surface area contributed by atoms with Crippen LogP contribution in [0.5, 0.6) is 5.75 Å². The van der Waals surface area contributed by atoms with E-state index in [1.807, 2.05) is 6.92 Å². The van der Waals surface area contributed by atoms with Crippen molar-refractivity contribution in [3.05, 3.63) is 41.2 Å². The molecular weight excluding hydrogens is 349 g/mol. The number of aryl methyl sites for hydroxylation is 2. The second kappa shape index (κ2) is 6.55. The first-order valence-corrected chi connectivity index (χ1v) is 8.27. The normalized spacial score (nSPS) is 26.7. The van der Waals surface area contributed by atoms with Crippen molar-refractivity contribution in [3.8, 4) is 5.75 Å². The number of nitrogens with one attached hydrogen (secondary N) is 1. The van der Waals surface area contributed by atoms with Crippen LogP contribution in [-0.2, 0) is 12.6 Å². The number of hydrogen-bond acceptors (Lipinski definition) is 5. The standard InChI is InChI=1S/C17H21F3N4O2/c1-10-4-5-12(6-15(10)26-17(18,19)20)16(25)7-11(2)21-13(8-16)14-9-24(3)23-22-14/h4-6,9,11,13,21,25H,7-8H2,1-3H3/t11-,13-,16-/m0/s1. The van der Waals surface area contributed by atoms with E-state index in [1.54, 1.807) is 24.0 Å². The predicted octanol–water partition coefficient (Wildman–Crippen LogP) is 2.72. The molecule has 0 saturated carbocycles. The van der Waals surface area contributed by atoms with Crippen molar-refractivity contribution in [1.29, 1.82) is 0 Å². The molecule has 6 nitrogen and oxygen atoms in total. The van der Waals surface area contributed by atoms with Crippen LogP contribution in [0.2, 0.25) is 0 Å². The summed E-state index contributed by atoms with van der Waals surface area (Å²) < 4.78 is 43.5. The Morgan fingerprint density at radius 2 is 2.08 bits per heavy atom. The van der Waals surface area contributed by atoms with Gasteiger partial charge >= 0.3 is 6.36 Å². The highest BCUT2D eigenvalue weighted by molar-refractivity contribution is 5.39. The molecule has 1 aliphatic heterocycles. The van der Waals surface area contributed by atoms with Gasteiger partial charge in [-0.1, -0.05) is 17.3 Å². The maximum atomic E-state index is 12.6. The fourth-order valence-electron chi connectivity index (χ4n) is 3.46. The zero-order valence-corrected chi connectivity index (χ0v) is 14.7. The Morgan fingerprint density at radius 1 is 1.35 bits per heavy atom. The molecule has 2 N–H and O–H groups in total. The highest BCUT2D eigenvalue weighted by Crippen LogP contribution is 2.41. The number of alkyl halides is 3. The molecule has 0 aliphatic carbocycles. The number of piperidine rings is 1. The van der Waals surface area contributed by atoms with Crippen molar-refractivity contribution < 1.29 is 23.0 Å². The summed E-state index contributed by atoms with van der Waals surface area (Å²) in [6.07, 6.45) is -2.40. The summed E-state index contributed by atoms with van der Waals surface area (Å²) in [7, 11) is 1.75. The molecule has 26 heavy (non-hydrogen) atoms. The van der Waals surface area contributed by atoms with Crippen LogP contribution >= 0.6 is 0 Å². The van der Waals surface area contributed by atoms with Gasteiger partial charge in [0.1, 0.15) is 5.75 Å². The molecule has 0 radical (unpaired) electrons. The monoisotopic (exact) mass is 370 g/mol. The minimum Gasteiger partial charge on any atom is -0.406 e. The second-order valence-corrected chi connectivity index (χ2v) is 6.91. The van der Waals surface area contributed by atoms with E-state index < -0.39 is 12.0 Å². The molecule has 1 saturated heterocycles. The summed E-state index contributed by atoms with van der Waals surface area (Å²) >= 11 is 0. The number of aromatic nitrogens is 3. The van der Waals surface area contributed by atoms with E-state index in [0.29, 0.717) is 23.2 Å². The van der Waals surface area contributed by atoms with E-state index in [-0.39, 0.29) is 24.3 Å². The molecule has 3 atom stereocenters. The van der Waals surface area contributed by atoms with Gasteiger partial charge in [0.25, 0.3) is 0 Å². The lowest BCUT2D eigenvalue weighted by Gasteiger charge is -2.41. The highest BCUT2D eigenvalue weighted by atomic mass is 19.4. The topological polar surface area (TPSA) is 72.2 Å². The van der Waals surface area contributed by atoms with Gasteiger partial charge in [0.15, 0.2) is 0 Å². The quantitative estimate of drug-likeness (QED) is 0.869. The van der Waals surface area contributed by atoms with Gasteiger partial charge in [0.05, 0.1) is 17.3 Å². The molecule has 1 aliphatic rings. The van der Waals surface area contributed by atoms with Crippen molar-refractivity contribution >= 4 is 0 Å². The van der Waals surface area contributed by atoms with Gasteiger partial charge in [0, 0.05) is 25.7 Å². The molecule has 0 bridgehead atoms. The Balaban J connectivity index is 1.92. The van der Waals surface area contributed by atoms with Crippen LogP contribution in [0.4, 0.5) is 13.2 Å². The lowest BCUT2D eigenvalue weighted by atomic mass is 9.78. The van der Waals surface area contributed by atoms with Gasteiger partial charge in [-0.3, -0.25) is 4.68 Å². The molecule has 0 spiro atoms. The molecule has 1 aromatic carbocycles. The van der Waals surface area contributed by atoms with Gasteiger partial charge < -0.3 is 15.2 Å². The number of halogens is 3. The first-order chi connectivity index (χ1) is 12.1. The van der Waals surface area contributed by atoms with Gasteiger partial charge in [-0.05, 0) is 37.5 Å². The summed E-state index contributed by atoms with van der Waals surface area (Å²) in [6.45, 7) is 3.44. The Hall–Kier alpha value is -2.13. The minimum atomic E-state index is -4.78. The van der Waals surface area contributed by atoms with Gasteiger partial charge in [-0.15, -0.1) is 18.3 Å². The van der Waals surface area contributed by atoms with Crippen molar-refractivity contribution in [2.45, 2.75) is 50.7 Å². The van der Waals surface area contributed by atoms with Crippen LogP contribution in [-0.4, -0.2) is 32.5 Å². The molecule has 142 valence electrons. The van der Waals surface area contributed by atoms with E-state index in [9.17, 15) is 18.3 Å². The van der Waals surface area contributed by atoms with Crippen LogP contribution < -0.4 is 10.1 Å². The second-order valence-electron chi connectivity index (χ2n) is 6.91. The third kappa shape index (κ3) is 3.99. The van der Waals surface area contributed by atoms with Gasteiger partial charge in [-0.25, -0.2) is 0 Å². The van der Waals surface area contributed by atoms with Crippen molar-refractivity contribution in [1.82, 2.24) is 20.3 Å². The first kappa shape index (κ1) is 18.7. The zero-order valence-electron chi connectivity index (χ0n) is 14.7. The van der Waals surface area contributed by atoms with E-state index >= 15 is 0 Å². The van der Waals surface area contributed by atoms with Gasteiger partial charge in [-0.2, -0.15) is 0 Å². The molecule has 0 unspecified atom stereocenters. The Bertz CT molecular complexity index is 793. The van der Waals surface area contributed by atoms with Crippen LogP contribution in [0.15, 0.2) is 24.4 Å². The maximum Gasteiger partial charge on any atom is 0.573 e. The largest absolute Gasteiger partial charge is 0.573 e. The fourth-order valence-corrected chi connectivity index (χ4v) is 3.46. The summed E-state index contributed by atoms with van der Waals surface area (Å²) in [4.78, 5) is 0. The zero-order chi connectivity index (χ0) is 19.1. The average molecular weight is 370 g/mol. The third-order valence-corrected chi connectivity index (χ3v) is 4.60. The van der Waals surface area contributed by atoms with Crippen LogP contribution in [0.3, 0.4) is 0 Å². The van der Waals surface area contributed by atoms with E-state index in [1.165, 1.54) is 19.1 Å². The number of rotatable bonds is 3. The molecule has 1 aromatic heterocycles. The number of aliphatic hydroxyl groups is 1. The summed E-state index contributed by atoms with van der Waals surface area (Å²) in [5, 5.41) is 22.6. The summed E-state index contributed by atoms with van der Waals surface area (Å²) in [6, 6.07) is 4.12. The molecule has 0 amide bonds. The molecule has 1 fully saturated rings. The van der Waals surface area contributed by atoms with E-state index in [4.69, 9.17) is 0 Å². The lowest BCUT2D eigenvalue weighted by molar-refractivity contribution is -0.274. The number of hydrogen-bond donors (Lipinski definition) is 2. The number of ether oxygens (including phenoxy) is 1. The Morgan fingerprint density at radius 3 is 2.69 bits per heavy atom.